The molecule has 2 N–H and O–H groups in total. The molecule has 0 radical (unpaired) electrons. The number of nitrogens with one attached hydrogen (secondary N) is 1. The zero-order valence-electron chi connectivity index (χ0n) is 13.1. The molecule has 0 atom stereocenters. The van der Waals surface area contributed by atoms with Gasteiger partial charge in [0.1, 0.15) is 0 Å². The standard InChI is InChI=1S/C19H18N2O2S/c22-12-15-7-4-8-16(9-15)20-18(23)11-17-13-24-19(21-17)10-14-5-2-1-3-6-14/h1-9,13,22H,10-12H2,(H,20,23). The van der Waals surface area contributed by atoms with Crippen molar-refractivity contribution < 1.29 is 9.90 Å². The lowest BCUT2D eigenvalue weighted by Crippen LogP contribution is -2.14. The first-order valence-electron chi connectivity index (χ1n) is 7.70. The summed E-state index contributed by atoms with van der Waals surface area (Å²) >= 11 is 1.57. The number of thiazole rings is 1. The Morgan fingerprint density at radius 3 is 2.67 bits per heavy atom. The van der Waals surface area contributed by atoms with Crippen LogP contribution in [-0.4, -0.2) is 16.0 Å². The van der Waals surface area contributed by atoms with Gasteiger partial charge in [0.25, 0.3) is 0 Å². The van der Waals surface area contributed by atoms with E-state index in [1.165, 1.54) is 5.56 Å². The highest BCUT2D eigenvalue weighted by atomic mass is 32.1. The van der Waals surface area contributed by atoms with Crippen LogP contribution in [-0.2, 0) is 24.2 Å². The van der Waals surface area contributed by atoms with Gasteiger partial charge in [-0.2, -0.15) is 0 Å². The van der Waals surface area contributed by atoms with Crippen LogP contribution in [0.1, 0.15) is 21.8 Å². The van der Waals surface area contributed by atoms with E-state index in [2.05, 4.69) is 22.4 Å². The number of aliphatic hydroxyl groups excluding tert-OH is 1. The van der Waals surface area contributed by atoms with Crippen LogP contribution in [0.5, 0.6) is 0 Å². The fourth-order valence-corrected chi connectivity index (χ4v) is 3.23. The minimum atomic E-state index is -0.110. The average molecular weight is 338 g/mol. The molecule has 0 aliphatic heterocycles. The Morgan fingerprint density at radius 2 is 1.88 bits per heavy atom. The molecule has 24 heavy (non-hydrogen) atoms. The van der Waals surface area contributed by atoms with Gasteiger partial charge in [-0.1, -0.05) is 42.5 Å². The molecule has 0 aliphatic rings. The first kappa shape index (κ1) is 16.4. The number of hydrogen-bond acceptors (Lipinski definition) is 4. The minimum absolute atomic E-state index is 0.0430. The summed E-state index contributed by atoms with van der Waals surface area (Å²) in [6, 6.07) is 17.3. The van der Waals surface area contributed by atoms with E-state index in [0.29, 0.717) is 5.69 Å². The van der Waals surface area contributed by atoms with E-state index in [-0.39, 0.29) is 18.9 Å². The second-order valence-corrected chi connectivity index (χ2v) is 6.42. The zero-order valence-corrected chi connectivity index (χ0v) is 13.9. The smallest absolute Gasteiger partial charge is 0.230 e. The average Bonchev–Trinajstić information content (AvgIpc) is 3.02. The minimum Gasteiger partial charge on any atom is -0.392 e. The third-order valence-corrected chi connectivity index (χ3v) is 4.43. The molecular weight excluding hydrogens is 320 g/mol. The van der Waals surface area contributed by atoms with Crippen LogP contribution in [0.2, 0.25) is 0 Å². The lowest BCUT2D eigenvalue weighted by Gasteiger charge is -2.05. The molecule has 0 saturated carbocycles. The summed E-state index contributed by atoms with van der Waals surface area (Å²) in [6.45, 7) is -0.0430. The number of aromatic nitrogens is 1. The van der Waals surface area contributed by atoms with Gasteiger partial charge in [-0.05, 0) is 23.3 Å². The fourth-order valence-electron chi connectivity index (χ4n) is 2.40. The molecule has 1 heterocycles. The molecule has 5 heteroatoms. The fraction of sp³-hybridized carbons (Fsp3) is 0.158. The predicted molar refractivity (Wildman–Crippen MR) is 96.1 cm³/mol. The van der Waals surface area contributed by atoms with Crippen molar-refractivity contribution in [2.45, 2.75) is 19.4 Å². The summed E-state index contributed by atoms with van der Waals surface area (Å²) in [5, 5.41) is 14.9. The molecule has 4 nitrogen and oxygen atoms in total. The summed E-state index contributed by atoms with van der Waals surface area (Å²) < 4.78 is 0. The van der Waals surface area contributed by atoms with Gasteiger partial charge in [0.05, 0.1) is 23.7 Å². The maximum absolute atomic E-state index is 12.1. The Morgan fingerprint density at radius 1 is 1.08 bits per heavy atom. The lowest BCUT2D eigenvalue weighted by molar-refractivity contribution is -0.115. The molecule has 122 valence electrons. The van der Waals surface area contributed by atoms with Crippen LogP contribution in [0.3, 0.4) is 0 Å². The van der Waals surface area contributed by atoms with Crippen molar-refractivity contribution in [1.29, 1.82) is 0 Å². The molecule has 0 unspecified atom stereocenters. The van der Waals surface area contributed by atoms with Crippen molar-refractivity contribution in [3.05, 3.63) is 81.8 Å². The van der Waals surface area contributed by atoms with Gasteiger partial charge in [-0.3, -0.25) is 4.79 Å². The van der Waals surface area contributed by atoms with Crippen molar-refractivity contribution in [2.75, 3.05) is 5.32 Å². The summed E-state index contributed by atoms with van der Waals surface area (Å²) in [7, 11) is 0. The third-order valence-electron chi connectivity index (χ3n) is 3.53. The van der Waals surface area contributed by atoms with Crippen LogP contribution >= 0.6 is 11.3 Å². The quantitative estimate of drug-likeness (QED) is 0.724. The Hall–Kier alpha value is -2.50. The highest BCUT2D eigenvalue weighted by Crippen LogP contribution is 2.16. The van der Waals surface area contributed by atoms with Crippen LogP contribution in [0.25, 0.3) is 0 Å². The van der Waals surface area contributed by atoms with Crippen molar-refractivity contribution in [1.82, 2.24) is 4.98 Å². The van der Waals surface area contributed by atoms with Gasteiger partial charge in [-0.15, -0.1) is 11.3 Å². The van der Waals surface area contributed by atoms with Crippen molar-refractivity contribution in [3.8, 4) is 0 Å². The summed E-state index contributed by atoms with van der Waals surface area (Å²) in [6.07, 6.45) is 1.03. The number of benzene rings is 2. The second kappa shape index (κ2) is 7.86. The monoisotopic (exact) mass is 338 g/mol. The molecule has 0 aliphatic carbocycles. The van der Waals surface area contributed by atoms with Crippen LogP contribution in [0.4, 0.5) is 5.69 Å². The Kier molecular flexibility index (Phi) is 5.36. The normalized spacial score (nSPS) is 10.5. The van der Waals surface area contributed by atoms with Gasteiger partial charge in [-0.25, -0.2) is 4.98 Å². The van der Waals surface area contributed by atoms with Gasteiger partial charge < -0.3 is 10.4 Å². The predicted octanol–water partition coefficient (Wildman–Crippen LogP) is 3.41. The number of carbonyl (C=O) groups excluding carboxylic acids is 1. The third kappa shape index (κ3) is 4.50. The first-order valence-corrected chi connectivity index (χ1v) is 8.58. The first-order chi connectivity index (χ1) is 11.7. The molecular formula is C19H18N2O2S. The molecule has 2 aromatic carbocycles. The highest BCUT2D eigenvalue weighted by molar-refractivity contribution is 7.09. The van der Waals surface area contributed by atoms with Gasteiger partial charge in [0.2, 0.25) is 5.91 Å². The Labute approximate surface area is 144 Å². The van der Waals surface area contributed by atoms with Gasteiger partial charge >= 0.3 is 0 Å². The van der Waals surface area contributed by atoms with Crippen molar-refractivity contribution in [3.63, 3.8) is 0 Å². The molecule has 0 spiro atoms. The maximum atomic E-state index is 12.1. The van der Waals surface area contributed by atoms with E-state index in [9.17, 15) is 4.79 Å². The molecule has 3 aromatic rings. The van der Waals surface area contributed by atoms with Crippen LogP contribution in [0.15, 0.2) is 60.0 Å². The SMILES string of the molecule is O=C(Cc1csc(Cc2ccccc2)n1)Nc1cccc(CO)c1. The van der Waals surface area contributed by atoms with Gasteiger partial charge in [0.15, 0.2) is 0 Å². The molecule has 1 aromatic heterocycles. The van der Waals surface area contributed by atoms with E-state index >= 15 is 0 Å². The van der Waals surface area contributed by atoms with E-state index in [1.807, 2.05) is 35.7 Å². The molecule has 1 amide bonds. The molecule has 0 saturated heterocycles. The zero-order chi connectivity index (χ0) is 16.8. The molecule has 3 rings (SSSR count). The summed E-state index contributed by atoms with van der Waals surface area (Å²) in [5.41, 5.74) is 3.45. The van der Waals surface area contributed by atoms with Crippen LogP contribution in [0, 0.1) is 0 Å². The van der Waals surface area contributed by atoms with Crippen LogP contribution < -0.4 is 5.32 Å². The Balaban J connectivity index is 1.58. The van der Waals surface area contributed by atoms with Gasteiger partial charge in [0, 0.05) is 17.5 Å². The molecule has 0 fully saturated rings. The number of carbonyl (C=O) groups is 1. The topological polar surface area (TPSA) is 62.2 Å². The number of anilines is 1. The summed E-state index contributed by atoms with van der Waals surface area (Å²) in [5.74, 6) is -0.110. The molecule has 0 bridgehead atoms. The van der Waals surface area contributed by atoms with Crippen molar-refractivity contribution >= 4 is 22.9 Å². The van der Waals surface area contributed by atoms with Crippen molar-refractivity contribution in [2.24, 2.45) is 0 Å². The largest absolute Gasteiger partial charge is 0.392 e. The Bertz CT molecular complexity index is 815. The van der Waals surface area contributed by atoms with E-state index in [0.717, 1.165) is 22.7 Å². The summed E-state index contributed by atoms with van der Waals surface area (Å²) in [4.78, 5) is 16.7. The number of nitrogens with zero attached hydrogens (tertiary/aromatic N) is 1. The van der Waals surface area contributed by atoms with E-state index in [4.69, 9.17) is 5.11 Å². The number of hydrogen-bond donors (Lipinski definition) is 2. The lowest BCUT2D eigenvalue weighted by atomic mass is 10.2. The second-order valence-electron chi connectivity index (χ2n) is 5.48. The number of aliphatic hydroxyl groups is 1. The van der Waals surface area contributed by atoms with E-state index in [1.54, 1.807) is 23.5 Å². The number of amides is 1. The highest BCUT2D eigenvalue weighted by Gasteiger charge is 2.09. The number of rotatable bonds is 6. The van der Waals surface area contributed by atoms with E-state index < -0.39 is 0 Å². The maximum Gasteiger partial charge on any atom is 0.230 e.